The third-order valence-corrected chi connectivity index (χ3v) is 3.54. The molecule has 3 heterocycles. The summed E-state index contributed by atoms with van der Waals surface area (Å²) in [7, 11) is 1.52. The maximum absolute atomic E-state index is 10.8. The first-order valence-electron chi connectivity index (χ1n) is 5.81. The fourth-order valence-electron chi connectivity index (χ4n) is 1.66. The summed E-state index contributed by atoms with van der Waals surface area (Å²) in [5.74, 6) is -0.195. The largest absolute Gasteiger partial charge is 0.481 e. The van der Waals surface area contributed by atoms with Crippen molar-refractivity contribution < 1.29 is 19.1 Å². The van der Waals surface area contributed by atoms with Gasteiger partial charge < -0.3 is 14.3 Å². The van der Waals surface area contributed by atoms with E-state index in [0.717, 1.165) is 0 Å². The zero-order chi connectivity index (χ0) is 14.8. The molecule has 1 N–H and O–H groups in total. The van der Waals surface area contributed by atoms with E-state index in [4.69, 9.17) is 14.3 Å². The van der Waals surface area contributed by atoms with Gasteiger partial charge in [0.05, 0.1) is 12.7 Å². The van der Waals surface area contributed by atoms with Gasteiger partial charge in [-0.1, -0.05) is 0 Å². The molecule has 0 radical (unpaired) electrons. The number of hydrogen-bond acceptors (Lipinski definition) is 7. The van der Waals surface area contributed by atoms with Gasteiger partial charge in [0.1, 0.15) is 29.0 Å². The number of rotatable bonds is 4. The van der Waals surface area contributed by atoms with Crippen molar-refractivity contribution in [2.24, 2.45) is 0 Å². The number of carboxylic acids is 1. The first-order chi connectivity index (χ1) is 10.2. The summed E-state index contributed by atoms with van der Waals surface area (Å²) in [6, 6.07) is 3.11. The molecule has 3 aromatic heterocycles. The van der Waals surface area contributed by atoms with Gasteiger partial charge in [0, 0.05) is 17.5 Å². The lowest BCUT2D eigenvalue weighted by Gasteiger charge is -1.98. The molecule has 0 aromatic carbocycles. The number of aromatic carboxylic acids is 1. The Morgan fingerprint density at radius 3 is 2.90 bits per heavy atom. The van der Waals surface area contributed by atoms with Crippen LogP contribution in [-0.2, 0) is 0 Å². The van der Waals surface area contributed by atoms with Crippen molar-refractivity contribution in [1.82, 2.24) is 15.0 Å². The number of nitrogens with zero attached hydrogens (tertiary/aromatic N) is 3. The lowest BCUT2D eigenvalue weighted by Crippen LogP contribution is -1.91. The molecule has 0 saturated heterocycles. The van der Waals surface area contributed by atoms with Crippen LogP contribution in [0, 0.1) is 0 Å². The Morgan fingerprint density at radius 2 is 2.19 bits per heavy atom. The van der Waals surface area contributed by atoms with E-state index in [1.54, 1.807) is 11.4 Å². The van der Waals surface area contributed by atoms with Gasteiger partial charge in [0.2, 0.25) is 5.88 Å². The molecule has 7 nitrogen and oxygen atoms in total. The minimum absolute atomic E-state index is 0.0863. The molecule has 106 valence electrons. The topological polar surface area (TPSA) is 98.3 Å². The van der Waals surface area contributed by atoms with E-state index in [2.05, 4.69) is 15.0 Å². The van der Waals surface area contributed by atoms with Gasteiger partial charge in [0.25, 0.3) is 0 Å². The predicted octanol–water partition coefficient (Wildman–Crippen LogP) is 2.57. The molecule has 0 saturated carbocycles. The van der Waals surface area contributed by atoms with Gasteiger partial charge in [-0.05, 0) is 0 Å². The standard InChI is InChI=1S/C13H9N3O4S/c1-19-11-3-8(14-6-15-11)12-16-9(5-21-12)10-2-7(4-20-10)13(17)18/h2-6H,1H3,(H,17,18). The van der Waals surface area contributed by atoms with Crippen molar-refractivity contribution in [3.8, 4) is 28.0 Å². The normalized spacial score (nSPS) is 10.5. The van der Waals surface area contributed by atoms with Gasteiger partial charge in [-0.2, -0.15) is 0 Å². The summed E-state index contributed by atoms with van der Waals surface area (Å²) < 4.78 is 10.3. The second-order valence-electron chi connectivity index (χ2n) is 3.99. The van der Waals surface area contributed by atoms with Crippen molar-refractivity contribution in [3.05, 3.63) is 35.7 Å². The van der Waals surface area contributed by atoms with Crippen LogP contribution in [0.2, 0.25) is 0 Å². The molecule has 3 aromatic rings. The van der Waals surface area contributed by atoms with Crippen molar-refractivity contribution in [2.75, 3.05) is 7.11 Å². The summed E-state index contributed by atoms with van der Waals surface area (Å²) in [6.07, 6.45) is 2.58. The number of hydrogen-bond donors (Lipinski definition) is 1. The third-order valence-electron chi connectivity index (χ3n) is 2.67. The molecule has 0 fully saturated rings. The molecule has 0 spiro atoms. The molecule has 0 amide bonds. The molecule has 0 atom stereocenters. The van der Waals surface area contributed by atoms with E-state index in [9.17, 15) is 4.79 Å². The average Bonchev–Trinajstić information content (AvgIpc) is 3.16. The summed E-state index contributed by atoms with van der Waals surface area (Å²) in [4.78, 5) is 23.3. The van der Waals surface area contributed by atoms with Crippen LogP contribution in [0.4, 0.5) is 0 Å². The minimum Gasteiger partial charge on any atom is -0.481 e. The molecule has 0 bridgehead atoms. The van der Waals surface area contributed by atoms with Crippen LogP contribution in [0.3, 0.4) is 0 Å². The van der Waals surface area contributed by atoms with Gasteiger partial charge in [-0.15, -0.1) is 11.3 Å². The lowest BCUT2D eigenvalue weighted by atomic mass is 10.3. The van der Waals surface area contributed by atoms with Gasteiger partial charge in [-0.25, -0.2) is 19.7 Å². The predicted molar refractivity (Wildman–Crippen MR) is 74.4 cm³/mol. The first-order valence-corrected chi connectivity index (χ1v) is 6.69. The highest BCUT2D eigenvalue weighted by atomic mass is 32.1. The maximum atomic E-state index is 10.8. The van der Waals surface area contributed by atoms with Crippen molar-refractivity contribution in [2.45, 2.75) is 0 Å². The van der Waals surface area contributed by atoms with E-state index < -0.39 is 5.97 Å². The van der Waals surface area contributed by atoms with Crippen LogP contribution in [0.15, 0.2) is 34.5 Å². The fourth-order valence-corrected chi connectivity index (χ4v) is 2.43. The van der Waals surface area contributed by atoms with Crippen LogP contribution < -0.4 is 4.74 Å². The molecule has 0 aliphatic carbocycles. The highest BCUT2D eigenvalue weighted by Gasteiger charge is 2.14. The first kappa shape index (κ1) is 13.3. The SMILES string of the molecule is COc1cc(-c2nc(-c3cc(C(=O)O)co3)cs2)ncn1. The molecule has 0 unspecified atom stereocenters. The molecule has 0 aliphatic rings. The van der Waals surface area contributed by atoms with Crippen LogP contribution in [-0.4, -0.2) is 33.1 Å². The Bertz CT molecular complexity index is 796. The van der Waals surface area contributed by atoms with Gasteiger partial charge in [-0.3, -0.25) is 0 Å². The number of furan rings is 1. The molecule has 8 heteroatoms. The van der Waals surface area contributed by atoms with E-state index in [1.165, 1.54) is 37.1 Å². The number of carboxylic acid groups (broad SMARTS) is 1. The summed E-state index contributed by atoms with van der Waals surface area (Å²) in [5, 5.41) is 11.3. The average molecular weight is 303 g/mol. The quantitative estimate of drug-likeness (QED) is 0.790. The van der Waals surface area contributed by atoms with Gasteiger partial charge in [0.15, 0.2) is 5.76 Å². The summed E-state index contributed by atoms with van der Waals surface area (Å²) >= 11 is 1.37. The highest BCUT2D eigenvalue weighted by Crippen LogP contribution is 2.29. The van der Waals surface area contributed by atoms with E-state index >= 15 is 0 Å². The van der Waals surface area contributed by atoms with E-state index in [-0.39, 0.29) is 5.56 Å². The summed E-state index contributed by atoms with van der Waals surface area (Å²) in [5.41, 5.74) is 1.27. The van der Waals surface area contributed by atoms with Crippen LogP contribution in [0.25, 0.3) is 22.2 Å². The number of thiazole rings is 1. The monoisotopic (exact) mass is 303 g/mol. The molecule has 21 heavy (non-hydrogen) atoms. The Morgan fingerprint density at radius 1 is 1.33 bits per heavy atom. The number of methoxy groups -OCH3 is 1. The molecular weight excluding hydrogens is 294 g/mol. The minimum atomic E-state index is -1.04. The smallest absolute Gasteiger partial charge is 0.338 e. The van der Waals surface area contributed by atoms with Crippen molar-refractivity contribution >= 4 is 17.3 Å². The lowest BCUT2D eigenvalue weighted by molar-refractivity contribution is 0.0696. The Kier molecular flexibility index (Phi) is 3.36. The highest BCUT2D eigenvalue weighted by molar-refractivity contribution is 7.13. The third kappa shape index (κ3) is 2.61. The molecular formula is C13H9N3O4S. The number of carbonyl (C=O) groups is 1. The van der Waals surface area contributed by atoms with Crippen molar-refractivity contribution in [3.63, 3.8) is 0 Å². The van der Waals surface area contributed by atoms with E-state index in [0.29, 0.717) is 28.0 Å². The Hall–Kier alpha value is -2.74. The van der Waals surface area contributed by atoms with Crippen LogP contribution in [0.1, 0.15) is 10.4 Å². The maximum Gasteiger partial charge on any atom is 0.338 e. The molecule has 0 aliphatic heterocycles. The second-order valence-corrected chi connectivity index (χ2v) is 4.85. The molecule has 3 rings (SSSR count). The number of ether oxygens (including phenoxy) is 1. The van der Waals surface area contributed by atoms with Crippen LogP contribution >= 0.6 is 11.3 Å². The van der Waals surface area contributed by atoms with Gasteiger partial charge >= 0.3 is 5.97 Å². The Balaban J connectivity index is 1.93. The van der Waals surface area contributed by atoms with Crippen molar-refractivity contribution in [1.29, 1.82) is 0 Å². The second kappa shape index (κ2) is 5.33. The Labute approximate surface area is 122 Å². The van der Waals surface area contributed by atoms with Crippen LogP contribution in [0.5, 0.6) is 5.88 Å². The zero-order valence-electron chi connectivity index (χ0n) is 10.8. The fraction of sp³-hybridized carbons (Fsp3) is 0.0769. The summed E-state index contributed by atoms with van der Waals surface area (Å²) in [6.45, 7) is 0. The number of aromatic nitrogens is 3. The van der Waals surface area contributed by atoms with E-state index in [1.807, 2.05) is 0 Å². The zero-order valence-corrected chi connectivity index (χ0v) is 11.6.